The predicted octanol–water partition coefficient (Wildman–Crippen LogP) is 4.14. The van der Waals surface area contributed by atoms with Crippen LogP contribution in [0.2, 0.25) is 0 Å². The summed E-state index contributed by atoms with van der Waals surface area (Å²) < 4.78 is 2.16. The molecule has 1 aliphatic rings. The van der Waals surface area contributed by atoms with E-state index in [1.165, 1.54) is 29.2 Å². The lowest BCUT2D eigenvalue weighted by Gasteiger charge is -2.06. The molecule has 0 aliphatic heterocycles. The van der Waals surface area contributed by atoms with E-state index in [0.717, 1.165) is 16.7 Å². The summed E-state index contributed by atoms with van der Waals surface area (Å²) in [6.45, 7) is 0. The smallest absolute Gasteiger partial charge is 0.191 e. The third-order valence-corrected chi connectivity index (χ3v) is 5.12. The lowest BCUT2D eigenvalue weighted by atomic mass is 10.1. The Morgan fingerprint density at radius 3 is 2.76 bits per heavy atom. The van der Waals surface area contributed by atoms with Crippen molar-refractivity contribution < 1.29 is 0 Å². The van der Waals surface area contributed by atoms with E-state index in [2.05, 4.69) is 64.3 Å². The highest BCUT2D eigenvalue weighted by molar-refractivity contribution is 7.98. The van der Waals surface area contributed by atoms with Gasteiger partial charge in [-0.05, 0) is 29.2 Å². The van der Waals surface area contributed by atoms with Gasteiger partial charge in [-0.2, -0.15) is 0 Å². The average Bonchev–Trinajstić information content (AvgIpc) is 3.29. The van der Waals surface area contributed by atoms with Crippen LogP contribution in [-0.2, 0) is 12.8 Å². The number of nitrogens with zero attached hydrogens (tertiary/aromatic N) is 3. The van der Waals surface area contributed by atoms with Gasteiger partial charge >= 0.3 is 0 Å². The Morgan fingerprint density at radius 1 is 1.10 bits per heavy atom. The highest BCUT2D eigenvalue weighted by Gasteiger charge is 2.29. The minimum atomic E-state index is 0.648. The molecule has 4 heteroatoms. The van der Waals surface area contributed by atoms with E-state index in [1.54, 1.807) is 11.8 Å². The minimum absolute atomic E-state index is 0.648. The zero-order chi connectivity index (χ0) is 14.2. The summed E-state index contributed by atoms with van der Waals surface area (Å²) in [5, 5.41) is 12.3. The molecule has 4 rings (SSSR count). The molecule has 0 spiro atoms. The van der Waals surface area contributed by atoms with Gasteiger partial charge in [0, 0.05) is 18.7 Å². The van der Waals surface area contributed by atoms with Gasteiger partial charge in [0.1, 0.15) is 5.82 Å². The molecule has 0 radical (unpaired) electrons. The van der Waals surface area contributed by atoms with Gasteiger partial charge in [-0.15, -0.1) is 10.2 Å². The van der Waals surface area contributed by atoms with Crippen molar-refractivity contribution in [2.24, 2.45) is 7.05 Å². The fourth-order valence-electron chi connectivity index (χ4n) is 2.71. The van der Waals surface area contributed by atoms with Gasteiger partial charge < -0.3 is 4.57 Å². The molecular weight excluding hydrogens is 278 g/mol. The largest absolute Gasteiger partial charge is 0.309 e. The molecule has 0 amide bonds. The number of fused-ring (bicyclic) bond motifs is 1. The SMILES string of the molecule is Cn1c(SCc2cccc3ccccc23)nnc1C1CC1. The molecule has 0 saturated heterocycles. The molecule has 1 aromatic heterocycles. The van der Waals surface area contributed by atoms with Gasteiger partial charge in [0.25, 0.3) is 0 Å². The highest BCUT2D eigenvalue weighted by Crippen LogP contribution is 2.39. The summed E-state index contributed by atoms with van der Waals surface area (Å²) in [6, 6.07) is 15.0. The molecule has 3 nitrogen and oxygen atoms in total. The van der Waals surface area contributed by atoms with Gasteiger partial charge in [0.05, 0.1) is 0 Å². The van der Waals surface area contributed by atoms with Gasteiger partial charge in [-0.25, -0.2) is 0 Å². The topological polar surface area (TPSA) is 30.7 Å². The molecule has 0 unspecified atom stereocenters. The number of rotatable bonds is 4. The van der Waals surface area contributed by atoms with Crippen LogP contribution >= 0.6 is 11.8 Å². The number of hydrogen-bond acceptors (Lipinski definition) is 3. The van der Waals surface area contributed by atoms with Crippen LogP contribution in [0.4, 0.5) is 0 Å². The Balaban J connectivity index is 1.58. The van der Waals surface area contributed by atoms with Crippen LogP contribution in [0.15, 0.2) is 47.6 Å². The molecule has 106 valence electrons. The summed E-state index contributed by atoms with van der Waals surface area (Å²) in [5.41, 5.74) is 1.36. The normalized spacial score (nSPS) is 14.7. The van der Waals surface area contributed by atoms with E-state index in [9.17, 15) is 0 Å². The van der Waals surface area contributed by atoms with Gasteiger partial charge in [-0.1, -0.05) is 54.2 Å². The molecule has 1 aliphatic carbocycles. The first-order chi connectivity index (χ1) is 10.3. The molecule has 0 atom stereocenters. The van der Waals surface area contributed by atoms with Crippen molar-refractivity contribution in [3.63, 3.8) is 0 Å². The van der Waals surface area contributed by atoms with Crippen LogP contribution in [0.1, 0.15) is 30.1 Å². The van der Waals surface area contributed by atoms with Crippen LogP contribution < -0.4 is 0 Å². The molecule has 1 saturated carbocycles. The summed E-state index contributed by atoms with van der Waals surface area (Å²) in [4.78, 5) is 0. The van der Waals surface area contributed by atoms with Crippen LogP contribution in [0, 0.1) is 0 Å². The second kappa shape index (κ2) is 5.19. The van der Waals surface area contributed by atoms with Crippen molar-refractivity contribution in [3.05, 3.63) is 53.9 Å². The van der Waals surface area contributed by atoms with Crippen molar-refractivity contribution in [3.8, 4) is 0 Å². The minimum Gasteiger partial charge on any atom is -0.309 e. The third-order valence-electron chi connectivity index (χ3n) is 4.05. The second-order valence-electron chi connectivity index (χ2n) is 5.60. The van der Waals surface area contributed by atoms with Crippen molar-refractivity contribution in [2.75, 3.05) is 0 Å². The number of benzene rings is 2. The summed E-state index contributed by atoms with van der Waals surface area (Å²) >= 11 is 1.77. The molecule has 0 bridgehead atoms. The maximum Gasteiger partial charge on any atom is 0.191 e. The van der Waals surface area contributed by atoms with E-state index in [1.807, 2.05) is 0 Å². The lowest BCUT2D eigenvalue weighted by molar-refractivity contribution is 0.737. The summed E-state index contributed by atoms with van der Waals surface area (Å²) in [7, 11) is 2.08. The first kappa shape index (κ1) is 12.9. The Kier molecular flexibility index (Phi) is 3.19. The lowest BCUT2D eigenvalue weighted by Crippen LogP contribution is -1.97. The summed E-state index contributed by atoms with van der Waals surface area (Å²) in [5.74, 6) is 2.72. The second-order valence-corrected chi connectivity index (χ2v) is 6.54. The van der Waals surface area contributed by atoms with E-state index in [0.29, 0.717) is 5.92 Å². The maximum atomic E-state index is 4.35. The van der Waals surface area contributed by atoms with Crippen molar-refractivity contribution in [1.82, 2.24) is 14.8 Å². The van der Waals surface area contributed by atoms with Crippen LogP contribution in [0.3, 0.4) is 0 Å². The predicted molar refractivity (Wildman–Crippen MR) is 86.5 cm³/mol. The number of thioether (sulfide) groups is 1. The molecule has 1 heterocycles. The molecular formula is C17H17N3S. The third kappa shape index (κ3) is 2.44. The molecule has 3 aromatic rings. The van der Waals surface area contributed by atoms with Gasteiger partial charge in [0.2, 0.25) is 0 Å². The van der Waals surface area contributed by atoms with Crippen LogP contribution in [0.5, 0.6) is 0 Å². The van der Waals surface area contributed by atoms with E-state index < -0.39 is 0 Å². The zero-order valence-corrected chi connectivity index (χ0v) is 12.8. The Labute approximate surface area is 128 Å². The van der Waals surface area contributed by atoms with Crippen molar-refractivity contribution in [1.29, 1.82) is 0 Å². The molecule has 0 N–H and O–H groups in total. The monoisotopic (exact) mass is 295 g/mol. The first-order valence-electron chi connectivity index (χ1n) is 7.31. The Morgan fingerprint density at radius 2 is 1.90 bits per heavy atom. The van der Waals surface area contributed by atoms with Crippen LogP contribution in [0.25, 0.3) is 10.8 Å². The molecule has 2 aromatic carbocycles. The number of aromatic nitrogens is 3. The quantitative estimate of drug-likeness (QED) is 0.678. The van der Waals surface area contributed by atoms with Crippen molar-refractivity contribution in [2.45, 2.75) is 29.7 Å². The van der Waals surface area contributed by atoms with E-state index >= 15 is 0 Å². The van der Waals surface area contributed by atoms with Crippen LogP contribution in [-0.4, -0.2) is 14.8 Å². The van der Waals surface area contributed by atoms with E-state index in [-0.39, 0.29) is 0 Å². The fraction of sp³-hybridized carbons (Fsp3) is 0.294. The first-order valence-corrected chi connectivity index (χ1v) is 8.30. The summed E-state index contributed by atoms with van der Waals surface area (Å²) in [6.07, 6.45) is 2.53. The maximum absolute atomic E-state index is 4.35. The Hall–Kier alpha value is -1.81. The molecule has 1 fully saturated rings. The highest BCUT2D eigenvalue weighted by atomic mass is 32.2. The molecule has 21 heavy (non-hydrogen) atoms. The van der Waals surface area contributed by atoms with E-state index in [4.69, 9.17) is 0 Å². The van der Waals surface area contributed by atoms with Gasteiger partial charge in [-0.3, -0.25) is 0 Å². The van der Waals surface area contributed by atoms with Gasteiger partial charge in [0.15, 0.2) is 5.16 Å². The zero-order valence-electron chi connectivity index (χ0n) is 12.0. The Bertz CT molecular complexity index is 784. The average molecular weight is 295 g/mol. The van der Waals surface area contributed by atoms with Crippen molar-refractivity contribution >= 4 is 22.5 Å². The number of hydrogen-bond donors (Lipinski definition) is 0. The fourth-order valence-corrected chi connectivity index (χ4v) is 3.63. The standard InChI is InChI=1S/C17H17N3S/c1-20-16(13-9-10-13)18-19-17(20)21-11-14-7-4-6-12-5-2-3-8-15(12)14/h2-8,13H,9-11H2,1H3.